The van der Waals surface area contributed by atoms with Crippen molar-refractivity contribution in [2.45, 2.75) is 6.10 Å². The van der Waals surface area contributed by atoms with E-state index in [4.69, 9.17) is 0 Å². The number of nitrogens with zero attached hydrogens (tertiary/aromatic N) is 2. The van der Waals surface area contributed by atoms with Crippen molar-refractivity contribution < 1.29 is 14.3 Å². The molecule has 2 N–H and O–H groups in total. The molecule has 6 heteroatoms. The maximum absolute atomic E-state index is 12.8. The van der Waals surface area contributed by atoms with Gasteiger partial charge in [0.05, 0.1) is 12.6 Å². The third-order valence-electron chi connectivity index (χ3n) is 2.98. The number of nitrogens with one attached hydrogen (secondary N) is 1. The predicted molar refractivity (Wildman–Crippen MR) is 77.2 cm³/mol. The molecule has 0 bridgehead atoms. The molecule has 0 fully saturated rings. The van der Waals surface area contributed by atoms with Gasteiger partial charge >= 0.3 is 6.03 Å². The average Bonchev–Trinajstić information content (AvgIpc) is 2.48. The summed E-state index contributed by atoms with van der Waals surface area (Å²) in [5.74, 6) is -0.366. The van der Waals surface area contributed by atoms with E-state index in [1.807, 2.05) is 0 Å². The molecule has 0 saturated heterocycles. The molecule has 1 aromatic heterocycles. The van der Waals surface area contributed by atoms with Crippen molar-refractivity contribution in [1.82, 2.24) is 9.88 Å². The SMILES string of the molecule is CN(C[C@H](O)c1ccc(F)cc1)C(=O)Nc1ccncc1. The number of aromatic nitrogens is 1. The quantitative estimate of drug-likeness (QED) is 0.908. The first-order chi connectivity index (χ1) is 10.1. The minimum Gasteiger partial charge on any atom is -0.387 e. The molecule has 110 valence electrons. The highest BCUT2D eigenvalue weighted by Gasteiger charge is 2.15. The van der Waals surface area contributed by atoms with Crippen LogP contribution in [0.25, 0.3) is 0 Å². The van der Waals surface area contributed by atoms with Crippen LogP contribution in [0.1, 0.15) is 11.7 Å². The third-order valence-corrected chi connectivity index (χ3v) is 2.98. The first kappa shape index (κ1) is 14.9. The van der Waals surface area contributed by atoms with Crippen LogP contribution in [0.4, 0.5) is 14.9 Å². The van der Waals surface area contributed by atoms with Crippen LogP contribution in [0.3, 0.4) is 0 Å². The summed E-state index contributed by atoms with van der Waals surface area (Å²) >= 11 is 0. The minimum atomic E-state index is -0.876. The molecule has 2 amide bonds. The van der Waals surface area contributed by atoms with Crippen LogP contribution in [0.15, 0.2) is 48.8 Å². The standard InChI is InChI=1S/C15H16FN3O2/c1-19(15(21)18-13-6-8-17-9-7-13)10-14(20)11-2-4-12(16)5-3-11/h2-9,14,20H,10H2,1H3,(H,17,18,21)/t14-/m0/s1. The minimum absolute atomic E-state index is 0.0998. The first-order valence-corrected chi connectivity index (χ1v) is 6.42. The molecule has 5 nitrogen and oxygen atoms in total. The number of aliphatic hydroxyl groups excluding tert-OH is 1. The zero-order chi connectivity index (χ0) is 15.2. The highest BCUT2D eigenvalue weighted by molar-refractivity contribution is 5.88. The van der Waals surface area contributed by atoms with Crippen LogP contribution in [0.5, 0.6) is 0 Å². The predicted octanol–water partition coefficient (Wildman–Crippen LogP) is 2.42. The topological polar surface area (TPSA) is 65.5 Å². The van der Waals surface area contributed by atoms with E-state index < -0.39 is 6.10 Å². The van der Waals surface area contributed by atoms with Gasteiger partial charge in [-0.1, -0.05) is 12.1 Å². The maximum atomic E-state index is 12.8. The molecule has 2 aromatic rings. The summed E-state index contributed by atoms with van der Waals surface area (Å²) < 4.78 is 12.8. The van der Waals surface area contributed by atoms with Gasteiger partial charge in [0.1, 0.15) is 5.82 Å². The Morgan fingerprint density at radius 1 is 1.29 bits per heavy atom. The lowest BCUT2D eigenvalue weighted by molar-refractivity contribution is 0.136. The zero-order valence-electron chi connectivity index (χ0n) is 11.5. The Labute approximate surface area is 122 Å². The smallest absolute Gasteiger partial charge is 0.321 e. The van der Waals surface area contributed by atoms with Crippen LogP contribution in [0.2, 0.25) is 0 Å². The molecular formula is C15H16FN3O2. The number of halogens is 1. The lowest BCUT2D eigenvalue weighted by Gasteiger charge is -2.21. The van der Waals surface area contributed by atoms with E-state index in [-0.39, 0.29) is 18.4 Å². The van der Waals surface area contributed by atoms with E-state index >= 15 is 0 Å². The molecule has 0 aliphatic carbocycles. The van der Waals surface area contributed by atoms with Gasteiger partial charge in [-0.3, -0.25) is 4.98 Å². The molecule has 0 unspecified atom stereocenters. The summed E-state index contributed by atoms with van der Waals surface area (Å²) in [5.41, 5.74) is 1.18. The van der Waals surface area contributed by atoms with Gasteiger partial charge < -0.3 is 15.3 Å². The molecule has 0 spiro atoms. The summed E-state index contributed by atoms with van der Waals surface area (Å²) in [6.45, 7) is 0.0998. The Morgan fingerprint density at radius 2 is 1.90 bits per heavy atom. The lowest BCUT2D eigenvalue weighted by atomic mass is 10.1. The molecule has 1 aromatic carbocycles. The molecule has 0 saturated carbocycles. The van der Waals surface area contributed by atoms with E-state index in [9.17, 15) is 14.3 Å². The number of anilines is 1. The Kier molecular flexibility index (Phi) is 4.84. The second-order valence-corrected chi connectivity index (χ2v) is 4.61. The molecule has 0 aliphatic rings. The van der Waals surface area contributed by atoms with E-state index in [0.29, 0.717) is 11.3 Å². The summed E-state index contributed by atoms with van der Waals surface area (Å²) in [6, 6.07) is 8.53. The lowest BCUT2D eigenvalue weighted by Crippen LogP contribution is -2.34. The highest BCUT2D eigenvalue weighted by atomic mass is 19.1. The van der Waals surface area contributed by atoms with Crippen LogP contribution in [-0.2, 0) is 0 Å². The number of benzene rings is 1. The summed E-state index contributed by atoms with van der Waals surface area (Å²) in [7, 11) is 1.57. The number of pyridine rings is 1. The summed E-state index contributed by atoms with van der Waals surface area (Å²) in [6.07, 6.45) is 2.27. The number of aliphatic hydroxyl groups is 1. The van der Waals surface area contributed by atoms with Gasteiger partial charge in [-0.05, 0) is 29.8 Å². The van der Waals surface area contributed by atoms with Gasteiger partial charge in [-0.25, -0.2) is 9.18 Å². The fourth-order valence-corrected chi connectivity index (χ4v) is 1.79. The van der Waals surface area contributed by atoms with Crippen molar-refractivity contribution in [3.05, 3.63) is 60.2 Å². The number of carbonyl (C=O) groups excluding carboxylic acids is 1. The fraction of sp³-hybridized carbons (Fsp3) is 0.200. The monoisotopic (exact) mass is 289 g/mol. The van der Waals surface area contributed by atoms with Gasteiger partial charge in [-0.15, -0.1) is 0 Å². The normalized spacial score (nSPS) is 11.8. The number of carbonyl (C=O) groups is 1. The Bertz CT molecular complexity index is 590. The van der Waals surface area contributed by atoms with Crippen LogP contribution < -0.4 is 5.32 Å². The zero-order valence-corrected chi connectivity index (χ0v) is 11.5. The van der Waals surface area contributed by atoms with Crippen molar-refractivity contribution in [2.75, 3.05) is 18.9 Å². The number of urea groups is 1. The first-order valence-electron chi connectivity index (χ1n) is 6.42. The van der Waals surface area contributed by atoms with Crippen molar-refractivity contribution in [3.63, 3.8) is 0 Å². The van der Waals surface area contributed by atoms with E-state index in [0.717, 1.165) is 0 Å². The Balaban J connectivity index is 1.92. The average molecular weight is 289 g/mol. The summed E-state index contributed by atoms with van der Waals surface area (Å²) in [4.78, 5) is 17.2. The van der Waals surface area contributed by atoms with E-state index in [2.05, 4.69) is 10.3 Å². The van der Waals surface area contributed by atoms with Crippen molar-refractivity contribution in [3.8, 4) is 0 Å². The number of hydrogen-bond acceptors (Lipinski definition) is 3. The van der Waals surface area contributed by atoms with Crippen LogP contribution >= 0.6 is 0 Å². The molecule has 0 radical (unpaired) electrons. The number of likely N-dealkylation sites (N-methyl/N-ethyl adjacent to an activating group) is 1. The molecule has 21 heavy (non-hydrogen) atoms. The largest absolute Gasteiger partial charge is 0.387 e. The van der Waals surface area contributed by atoms with Crippen LogP contribution in [0, 0.1) is 5.82 Å². The number of amides is 2. The molecule has 1 heterocycles. The third kappa shape index (κ3) is 4.25. The molecule has 1 atom stereocenters. The van der Waals surface area contributed by atoms with Gasteiger partial charge in [-0.2, -0.15) is 0 Å². The van der Waals surface area contributed by atoms with E-state index in [1.165, 1.54) is 29.2 Å². The van der Waals surface area contributed by atoms with Crippen molar-refractivity contribution in [2.24, 2.45) is 0 Å². The van der Waals surface area contributed by atoms with Gasteiger partial charge in [0, 0.05) is 25.1 Å². The molecule has 2 rings (SSSR count). The van der Waals surface area contributed by atoms with E-state index in [1.54, 1.807) is 31.6 Å². The van der Waals surface area contributed by atoms with Crippen molar-refractivity contribution >= 4 is 11.7 Å². The number of rotatable bonds is 4. The second kappa shape index (κ2) is 6.81. The van der Waals surface area contributed by atoms with Crippen molar-refractivity contribution in [1.29, 1.82) is 0 Å². The molecular weight excluding hydrogens is 273 g/mol. The van der Waals surface area contributed by atoms with Gasteiger partial charge in [0.25, 0.3) is 0 Å². The van der Waals surface area contributed by atoms with Crippen LogP contribution in [-0.4, -0.2) is 34.6 Å². The second-order valence-electron chi connectivity index (χ2n) is 4.61. The number of hydrogen-bond donors (Lipinski definition) is 2. The van der Waals surface area contributed by atoms with Gasteiger partial charge in [0.2, 0.25) is 0 Å². The van der Waals surface area contributed by atoms with Gasteiger partial charge in [0.15, 0.2) is 0 Å². The Morgan fingerprint density at radius 3 is 2.52 bits per heavy atom. The summed E-state index contributed by atoms with van der Waals surface area (Å²) in [5, 5.41) is 12.7. The highest BCUT2D eigenvalue weighted by Crippen LogP contribution is 2.15. The maximum Gasteiger partial charge on any atom is 0.321 e. The fourth-order valence-electron chi connectivity index (χ4n) is 1.79. The Hall–Kier alpha value is -2.47. The molecule has 0 aliphatic heterocycles.